The maximum Gasteiger partial charge on any atom is 0.330 e. The van der Waals surface area contributed by atoms with Crippen LogP contribution in [0.3, 0.4) is 0 Å². The Labute approximate surface area is 120 Å². The molecule has 0 amide bonds. The topological polar surface area (TPSA) is 52.6 Å². The Morgan fingerprint density at radius 1 is 1.45 bits per heavy atom. The van der Waals surface area contributed by atoms with Crippen LogP contribution in [-0.4, -0.2) is 24.1 Å². The van der Waals surface area contributed by atoms with Crippen molar-refractivity contribution in [2.45, 2.75) is 65.6 Å². The average molecular weight is 280 g/mol. The van der Waals surface area contributed by atoms with Crippen molar-refractivity contribution >= 4 is 11.9 Å². The second kappa shape index (κ2) is 5.58. The van der Waals surface area contributed by atoms with Crippen LogP contribution in [0.4, 0.5) is 0 Å². The zero-order chi connectivity index (χ0) is 14.9. The van der Waals surface area contributed by atoms with Crippen LogP contribution in [-0.2, 0) is 19.1 Å². The fraction of sp³-hybridized carbons (Fsp3) is 0.750. The van der Waals surface area contributed by atoms with E-state index in [1.54, 1.807) is 6.08 Å². The number of esters is 2. The van der Waals surface area contributed by atoms with E-state index >= 15 is 0 Å². The summed E-state index contributed by atoms with van der Waals surface area (Å²) in [5.41, 5.74) is 0.639. The third-order valence-corrected chi connectivity index (χ3v) is 4.65. The third kappa shape index (κ3) is 3.05. The van der Waals surface area contributed by atoms with Crippen LogP contribution >= 0.6 is 0 Å². The van der Waals surface area contributed by atoms with E-state index in [4.69, 9.17) is 9.47 Å². The predicted molar refractivity (Wildman–Crippen MR) is 74.9 cm³/mol. The number of hydrogen-bond acceptors (Lipinski definition) is 4. The lowest BCUT2D eigenvalue weighted by Gasteiger charge is -2.38. The lowest BCUT2D eigenvalue weighted by molar-refractivity contribution is -0.167. The Morgan fingerprint density at radius 3 is 2.80 bits per heavy atom. The average Bonchev–Trinajstić information content (AvgIpc) is 2.37. The van der Waals surface area contributed by atoms with E-state index in [1.165, 1.54) is 0 Å². The first-order chi connectivity index (χ1) is 9.33. The Bertz CT molecular complexity index is 436. The molecule has 2 aliphatic rings. The summed E-state index contributed by atoms with van der Waals surface area (Å²) in [5, 5.41) is 0. The Hall–Kier alpha value is -1.32. The van der Waals surface area contributed by atoms with E-state index in [0.29, 0.717) is 12.3 Å². The van der Waals surface area contributed by atoms with Crippen LogP contribution in [0.2, 0.25) is 0 Å². The number of carbonyl (C=O) groups excluding carboxylic acids is 2. The predicted octanol–water partition coefficient (Wildman–Crippen LogP) is 3.01. The molecule has 0 spiro atoms. The molecular weight excluding hydrogens is 256 g/mol. The zero-order valence-corrected chi connectivity index (χ0v) is 12.8. The van der Waals surface area contributed by atoms with Gasteiger partial charge in [-0.3, -0.25) is 4.79 Å². The highest BCUT2D eigenvalue weighted by Crippen LogP contribution is 2.37. The second-order valence-electron chi connectivity index (χ2n) is 6.55. The van der Waals surface area contributed by atoms with Gasteiger partial charge in [-0.15, -0.1) is 0 Å². The van der Waals surface area contributed by atoms with Gasteiger partial charge in [-0.25, -0.2) is 4.79 Å². The summed E-state index contributed by atoms with van der Waals surface area (Å²) in [6.07, 6.45) is 4.43. The lowest BCUT2D eigenvalue weighted by atomic mass is 9.79. The monoisotopic (exact) mass is 280 g/mol. The van der Waals surface area contributed by atoms with Crippen LogP contribution in [0.5, 0.6) is 0 Å². The van der Waals surface area contributed by atoms with E-state index in [-0.39, 0.29) is 24.1 Å². The first-order valence-electron chi connectivity index (χ1n) is 7.43. The molecule has 0 aromatic heterocycles. The molecule has 0 radical (unpaired) electrons. The molecule has 2 rings (SSSR count). The summed E-state index contributed by atoms with van der Waals surface area (Å²) in [7, 11) is 0. The van der Waals surface area contributed by atoms with E-state index in [0.717, 1.165) is 24.8 Å². The third-order valence-electron chi connectivity index (χ3n) is 4.65. The van der Waals surface area contributed by atoms with Crippen molar-refractivity contribution in [3.63, 3.8) is 0 Å². The molecule has 3 atom stereocenters. The fourth-order valence-corrected chi connectivity index (χ4v) is 2.78. The molecule has 4 heteroatoms. The van der Waals surface area contributed by atoms with Gasteiger partial charge in [-0.1, -0.05) is 12.5 Å². The van der Waals surface area contributed by atoms with Crippen molar-refractivity contribution < 1.29 is 19.1 Å². The molecule has 0 aromatic carbocycles. The van der Waals surface area contributed by atoms with Crippen molar-refractivity contribution in [3.05, 3.63) is 11.6 Å². The quantitative estimate of drug-likeness (QED) is 0.746. The molecule has 3 unspecified atom stereocenters. The van der Waals surface area contributed by atoms with Crippen LogP contribution in [0.1, 0.15) is 53.4 Å². The Balaban J connectivity index is 1.97. The molecule has 4 nitrogen and oxygen atoms in total. The number of carbonyl (C=O) groups is 2. The minimum Gasteiger partial charge on any atom is -0.462 e. The molecule has 0 bridgehead atoms. The smallest absolute Gasteiger partial charge is 0.330 e. The van der Waals surface area contributed by atoms with Crippen molar-refractivity contribution in [2.24, 2.45) is 11.3 Å². The van der Waals surface area contributed by atoms with Gasteiger partial charge >= 0.3 is 11.9 Å². The van der Waals surface area contributed by atoms with Gasteiger partial charge in [0.05, 0.1) is 5.41 Å². The number of ether oxygens (including phenoxy) is 2. The van der Waals surface area contributed by atoms with Gasteiger partial charge in [-0.2, -0.15) is 0 Å². The van der Waals surface area contributed by atoms with Crippen LogP contribution in [0.15, 0.2) is 11.6 Å². The molecule has 20 heavy (non-hydrogen) atoms. The van der Waals surface area contributed by atoms with Crippen molar-refractivity contribution in [1.82, 2.24) is 0 Å². The number of rotatable bonds is 3. The highest BCUT2D eigenvalue weighted by molar-refractivity contribution is 5.84. The van der Waals surface area contributed by atoms with Crippen molar-refractivity contribution in [3.8, 4) is 0 Å². The Morgan fingerprint density at radius 2 is 2.15 bits per heavy atom. The molecule has 1 aliphatic carbocycles. The van der Waals surface area contributed by atoms with Gasteiger partial charge in [0.1, 0.15) is 12.2 Å². The number of hydrogen-bond donors (Lipinski definition) is 0. The minimum atomic E-state index is -0.449. The van der Waals surface area contributed by atoms with Gasteiger partial charge < -0.3 is 9.47 Å². The maximum atomic E-state index is 12.1. The normalized spacial score (nSPS) is 30.1. The van der Waals surface area contributed by atoms with Crippen molar-refractivity contribution in [2.75, 3.05) is 0 Å². The van der Waals surface area contributed by atoms with Crippen LogP contribution < -0.4 is 0 Å². The minimum absolute atomic E-state index is 0.131. The van der Waals surface area contributed by atoms with Gasteiger partial charge in [0.2, 0.25) is 0 Å². The molecular formula is C16H24O4. The molecule has 1 heterocycles. The van der Waals surface area contributed by atoms with Gasteiger partial charge in [0.25, 0.3) is 0 Å². The first-order valence-corrected chi connectivity index (χ1v) is 7.43. The van der Waals surface area contributed by atoms with Crippen LogP contribution in [0.25, 0.3) is 0 Å². The molecule has 1 saturated carbocycles. The zero-order valence-electron chi connectivity index (χ0n) is 12.8. The molecule has 0 aromatic rings. The van der Waals surface area contributed by atoms with Crippen molar-refractivity contribution in [1.29, 1.82) is 0 Å². The SMILES string of the molecule is CCC(C)(C)C(=O)OC1CCC2C(C)=CC(=O)OC2C1. The van der Waals surface area contributed by atoms with Gasteiger partial charge in [-0.05, 0) is 40.0 Å². The van der Waals surface area contributed by atoms with E-state index in [9.17, 15) is 9.59 Å². The highest BCUT2D eigenvalue weighted by atomic mass is 16.6. The summed E-state index contributed by atoms with van der Waals surface area (Å²) < 4.78 is 11.0. The van der Waals surface area contributed by atoms with Crippen LogP contribution in [0, 0.1) is 11.3 Å². The van der Waals surface area contributed by atoms with E-state index in [1.807, 2.05) is 27.7 Å². The molecule has 1 fully saturated rings. The van der Waals surface area contributed by atoms with E-state index < -0.39 is 5.41 Å². The summed E-state index contributed by atoms with van der Waals surface area (Å²) in [4.78, 5) is 23.6. The Kier molecular flexibility index (Phi) is 4.21. The standard InChI is InChI=1S/C16H24O4/c1-5-16(3,4)15(18)19-11-6-7-12-10(2)8-14(17)20-13(12)9-11/h8,11-13H,5-7,9H2,1-4H3. The summed E-state index contributed by atoms with van der Waals surface area (Å²) in [6.45, 7) is 7.75. The second-order valence-corrected chi connectivity index (χ2v) is 6.55. The molecule has 0 saturated heterocycles. The maximum absolute atomic E-state index is 12.1. The van der Waals surface area contributed by atoms with Gasteiger partial charge in [0, 0.05) is 18.4 Å². The number of fused-ring (bicyclic) bond motifs is 1. The molecule has 0 N–H and O–H groups in total. The lowest BCUT2D eigenvalue weighted by Crippen LogP contribution is -2.41. The molecule has 1 aliphatic heterocycles. The summed E-state index contributed by atoms with van der Waals surface area (Å²) in [6, 6.07) is 0. The largest absolute Gasteiger partial charge is 0.462 e. The first kappa shape index (κ1) is 15.1. The van der Waals surface area contributed by atoms with Gasteiger partial charge in [0.15, 0.2) is 0 Å². The summed E-state index contributed by atoms with van der Waals surface area (Å²) in [5.74, 6) is -0.135. The highest BCUT2D eigenvalue weighted by Gasteiger charge is 2.39. The molecule has 112 valence electrons. The fourth-order valence-electron chi connectivity index (χ4n) is 2.78. The van der Waals surface area contributed by atoms with E-state index in [2.05, 4.69) is 0 Å². The summed E-state index contributed by atoms with van der Waals surface area (Å²) >= 11 is 0.